The second-order valence-corrected chi connectivity index (χ2v) is 13.0. The maximum absolute atomic E-state index is 5.06. The zero-order valence-corrected chi connectivity index (χ0v) is 22.9. The number of aromatic nitrogens is 2. The summed E-state index contributed by atoms with van der Waals surface area (Å²) < 4.78 is 2.64. The fraction of sp³-hybridized carbons (Fsp3) is 0.306. The van der Waals surface area contributed by atoms with Gasteiger partial charge in [-0.2, -0.15) is 0 Å². The second-order valence-electron chi connectivity index (χ2n) is 13.0. The van der Waals surface area contributed by atoms with Crippen LogP contribution in [0.2, 0.25) is 0 Å². The van der Waals surface area contributed by atoms with Gasteiger partial charge in [0.15, 0.2) is 0 Å². The fourth-order valence-electron chi connectivity index (χ4n) is 7.45. The number of aryl methyl sites for hydroxylation is 1. The third kappa shape index (κ3) is 3.10. The predicted molar refractivity (Wildman–Crippen MR) is 163 cm³/mol. The molecule has 0 atom stereocenters. The monoisotopic (exact) mass is 494 g/mol. The Hall–Kier alpha value is -3.65. The molecule has 1 aliphatic carbocycles. The van der Waals surface area contributed by atoms with Crippen molar-refractivity contribution in [1.82, 2.24) is 9.38 Å². The van der Waals surface area contributed by atoms with Gasteiger partial charge in [-0.25, -0.2) is 0 Å². The summed E-state index contributed by atoms with van der Waals surface area (Å²) in [4.78, 5) is 5.06. The molecule has 0 bridgehead atoms. The van der Waals surface area contributed by atoms with Crippen molar-refractivity contribution in [2.24, 2.45) is 5.41 Å². The molecule has 0 radical (unpaired) electrons. The first kappa shape index (κ1) is 22.3. The topological polar surface area (TPSA) is 17.3 Å². The van der Waals surface area contributed by atoms with Crippen LogP contribution in [0.5, 0.6) is 0 Å². The smallest absolute Gasteiger partial charge is 0.0823 e. The summed E-state index contributed by atoms with van der Waals surface area (Å²) in [6.45, 7) is 9.32. The molecule has 2 heteroatoms. The first-order valence-electron chi connectivity index (χ1n) is 14.3. The first-order valence-corrected chi connectivity index (χ1v) is 14.3. The SMILES string of the molecule is Cc1ccc2cc3c4nccc5ccc6c7ccc(C8CCCC8)cc7n(c3c(CC(C)(C)C)c2c1)c6c54. The van der Waals surface area contributed by atoms with Crippen molar-refractivity contribution in [2.75, 3.05) is 0 Å². The van der Waals surface area contributed by atoms with Crippen LogP contribution in [-0.2, 0) is 6.42 Å². The summed E-state index contributed by atoms with van der Waals surface area (Å²) in [5, 5.41) is 9.24. The summed E-state index contributed by atoms with van der Waals surface area (Å²) in [6.07, 6.45) is 8.35. The van der Waals surface area contributed by atoms with Gasteiger partial charge in [-0.1, -0.05) is 81.6 Å². The van der Waals surface area contributed by atoms with E-state index in [2.05, 4.69) is 92.8 Å². The molecular weight excluding hydrogens is 460 g/mol. The molecule has 38 heavy (non-hydrogen) atoms. The highest BCUT2D eigenvalue weighted by atomic mass is 14.9. The molecule has 0 spiro atoms. The van der Waals surface area contributed by atoms with Crippen LogP contribution >= 0.6 is 0 Å². The molecule has 0 unspecified atom stereocenters. The van der Waals surface area contributed by atoms with Crippen LogP contribution in [0.1, 0.15) is 69.1 Å². The van der Waals surface area contributed by atoms with Gasteiger partial charge in [0.2, 0.25) is 0 Å². The van der Waals surface area contributed by atoms with Crippen LogP contribution in [0.3, 0.4) is 0 Å². The van der Waals surface area contributed by atoms with Crippen LogP contribution in [0, 0.1) is 12.3 Å². The lowest BCUT2D eigenvalue weighted by molar-refractivity contribution is 0.413. The van der Waals surface area contributed by atoms with E-state index < -0.39 is 0 Å². The molecule has 0 N–H and O–H groups in total. The molecule has 1 fully saturated rings. The first-order chi connectivity index (χ1) is 18.4. The predicted octanol–water partition coefficient (Wildman–Crippen LogP) is 10.1. The summed E-state index contributed by atoms with van der Waals surface area (Å²) in [5.41, 5.74) is 9.60. The van der Waals surface area contributed by atoms with E-state index in [1.807, 2.05) is 6.20 Å². The average Bonchev–Trinajstić information content (AvgIpc) is 3.54. The Bertz CT molecular complexity index is 2040. The van der Waals surface area contributed by atoms with E-state index in [9.17, 15) is 0 Å². The minimum absolute atomic E-state index is 0.152. The molecule has 1 aliphatic rings. The molecule has 4 aromatic carbocycles. The molecule has 188 valence electrons. The Labute approximate surface area is 223 Å². The second kappa shape index (κ2) is 7.69. The van der Waals surface area contributed by atoms with Crippen molar-refractivity contribution in [1.29, 1.82) is 0 Å². The van der Waals surface area contributed by atoms with E-state index in [4.69, 9.17) is 4.98 Å². The number of pyridine rings is 2. The molecule has 3 heterocycles. The van der Waals surface area contributed by atoms with E-state index in [0.717, 1.165) is 11.9 Å². The van der Waals surface area contributed by atoms with Crippen molar-refractivity contribution in [3.05, 3.63) is 83.6 Å². The third-order valence-electron chi connectivity index (χ3n) is 9.07. The maximum atomic E-state index is 5.06. The molecule has 0 amide bonds. The van der Waals surface area contributed by atoms with Crippen molar-refractivity contribution in [2.45, 2.75) is 65.7 Å². The Morgan fingerprint density at radius 2 is 1.58 bits per heavy atom. The van der Waals surface area contributed by atoms with E-state index >= 15 is 0 Å². The Morgan fingerprint density at radius 3 is 2.39 bits per heavy atom. The Balaban J connectivity index is 1.67. The number of hydrogen-bond acceptors (Lipinski definition) is 1. The molecule has 7 aromatic rings. The highest BCUT2D eigenvalue weighted by Crippen LogP contribution is 2.45. The van der Waals surface area contributed by atoms with E-state index in [1.165, 1.54) is 96.6 Å². The van der Waals surface area contributed by atoms with Gasteiger partial charge in [0.25, 0.3) is 0 Å². The van der Waals surface area contributed by atoms with Crippen LogP contribution in [-0.4, -0.2) is 9.38 Å². The standard InChI is InChI=1S/C36H34N2/c1-21-9-10-25-18-29-33-32-23(15-16-37-33)11-14-27-26-13-12-24(22-7-5-6-8-22)19-31(26)38(35(27)32)34(29)30(28(25)17-21)20-36(2,3)4/h9-19,22H,5-8,20H2,1-4H3. The molecular formula is C36H34N2. The highest BCUT2D eigenvalue weighted by molar-refractivity contribution is 6.28. The number of benzene rings is 4. The minimum Gasteiger partial charge on any atom is -0.308 e. The molecule has 8 rings (SSSR count). The molecule has 2 nitrogen and oxygen atoms in total. The van der Waals surface area contributed by atoms with Crippen molar-refractivity contribution >= 4 is 59.8 Å². The summed E-state index contributed by atoms with van der Waals surface area (Å²) in [5.74, 6) is 0.690. The van der Waals surface area contributed by atoms with Gasteiger partial charge in [0.1, 0.15) is 0 Å². The van der Waals surface area contributed by atoms with Gasteiger partial charge in [0, 0.05) is 27.7 Å². The third-order valence-corrected chi connectivity index (χ3v) is 9.07. The van der Waals surface area contributed by atoms with Crippen molar-refractivity contribution in [3.8, 4) is 0 Å². The zero-order valence-electron chi connectivity index (χ0n) is 22.9. The highest BCUT2D eigenvalue weighted by Gasteiger charge is 2.25. The Morgan fingerprint density at radius 1 is 0.789 bits per heavy atom. The average molecular weight is 495 g/mol. The summed E-state index contributed by atoms with van der Waals surface area (Å²) >= 11 is 0. The van der Waals surface area contributed by atoms with Crippen molar-refractivity contribution in [3.63, 3.8) is 0 Å². The van der Waals surface area contributed by atoms with Gasteiger partial charge < -0.3 is 4.40 Å². The number of hydrogen-bond donors (Lipinski definition) is 0. The molecule has 0 aliphatic heterocycles. The van der Waals surface area contributed by atoms with Gasteiger partial charge in [-0.3, -0.25) is 4.98 Å². The maximum Gasteiger partial charge on any atom is 0.0823 e. The Kier molecular flexibility index (Phi) is 4.52. The van der Waals surface area contributed by atoms with E-state index in [0.29, 0.717) is 5.92 Å². The van der Waals surface area contributed by atoms with Gasteiger partial charge >= 0.3 is 0 Å². The zero-order chi connectivity index (χ0) is 25.8. The largest absolute Gasteiger partial charge is 0.308 e. The fourth-order valence-corrected chi connectivity index (χ4v) is 7.45. The van der Waals surface area contributed by atoms with E-state index in [-0.39, 0.29) is 5.41 Å². The van der Waals surface area contributed by atoms with Crippen LogP contribution in [0.25, 0.3) is 59.8 Å². The summed E-state index contributed by atoms with van der Waals surface area (Å²) in [6, 6.07) is 23.5. The number of nitrogens with zero attached hydrogens (tertiary/aromatic N) is 2. The lowest BCUT2D eigenvalue weighted by atomic mass is 9.84. The summed E-state index contributed by atoms with van der Waals surface area (Å²) in [7, 11) is 0. The van der Waals surface area contributed by atoms with Crippen LogP contribution < -0.4 is 0 Å². The minimum atomic E-state index is 0.152. The van der Waals surface area contributed by atoms with Crippen LogP contribution in [0.4, 0.5) is 0 Å². The van der Waals surface area contributed by atoms with Gasteiger partial charge in [-0.05, 0) is 83.0 Å². The lowest BCUT2D eigenvalue weighted by Gasteiger charge is -2.23. The molecule has 0 saturated heterocycles. The quantitative estimate of drug-likeness (QED) is 0.173. The number of fused-ring (bicyclic) bond motifs is 7. The van der Waals surface area contributed by atoms with Crippen LogP contribution in [0.15, 0.2) is 66.9 Å². The van der Waals surface area contributed by atoms with E-state index in [1.54, 1.807) is 0 Å². The lowest BCUT2D eigenvalue weighted by Crippen LogP contribution is -2.11. The molecule has 3 aromatic heterocycles. The van der Waals surface area contributed by atoms with Gasteiger partial charge in [0.05, 0.1) is 22.1 Å². The van der Waals surface area contributed by atoms with Gasteiger partial charge in [-0.15, -0.1) is 0 Å². The molecule has 1 saturated carbocycles. The normalized spacial score (nSPS) is 15.5. The van der Waals surface area contributed by atoms with Crippen molar-refractivity contribution < 1.29 is 0 Å². The number of rotatable bonds is 2.